The highest BCUT2D eigenvalue weighted by atomic mass is 35.5. The number of nitrogens with zero attached hydrogens (tertiary/aromatic N) is 1. The Morgan fingerprint density at radius 3 is 3.11 bits per heavy atom. The van der Waals surface area contributed by atoms with Crippen LogP contribution in [0.15, 0.2) is 22.5 Å². The zero-order valence-electron chi connectivity index (χ0n) is 7.36. The van der Waals surface area contributed by atoms with Gasteiger partial charge in [0.2, 0.25) is 0 Å². The van der Waals surface area contributed by atoms with Gasteiger partial charge in [-0.05, 0) is 6.08 Å². The van der Waals surface area contributed by atoms with Crippen molar-refractivity contribution in [3.05, 3.63) is 22.5 Å². The van der Waals surface area contributed by atoms with Gasteiger partial charge in [-0.15, -0.1) is 0 Å². The molecular formula is C5H6Cl2N2. The molecule has 0 aromatic heterocycles. The van der Waals surface area contributed by atoms with E-state index in [-0.39, 0.29) is 5.16 Å². The summed E-state index contributed by atoms with van der Waals surface area (Å²) in [6.45, 7) is -2.30. The van der Waals surface area contributed by atoms with E-state index in [0.29, 0.717) is 5.03 Å². The Morgan fingerprint density at radius 1 is 1.78 bits per heavy atom. The molecule has 0 aromatic rings. The molecule has 2 nitrogen and oxygen atoms in total. The fourth-order valence-corrected chi connectivity index (χ4v) is 0.782. The van der Waals surface area contributed by atoms with Gasteiger partial charge in [0.05, 0.1) is 5.03 Å². The lowest BCUT2D eigenvalue weighted by atomic mass is 10.5. The van der Waals surface area contributed by atoms with E-state index in [1.54, 1.807) is 0 Å². The Labute approximate surface area is 67.9 Å². The molecule has 0 aromatic carbocycles. The second-order valence-electron chi connectivity index (χ2n) is 1.46. The van der Waals surface area contributed by atoms with Crippen molar-refractivity contribution in [1.29, 1.82) is 0 Å². The molecule has 1 aliphatic heterocycles. The van der Waals surface area contributed by atoms with Gasteiger partial charge in [0.1, 0.15) is 5.16 Å². The number of allylic oxidation sites excluding steroid dienone is 2. The summed E-state index contributed by atoms with van der Waals surface area (Å²) in [5.74, 6) is 0. The van der Waals surface area contributed by atoms with Crippen LogP contribution in [0, 0.1) is 0 Å². The molecule has 4 heteroatoms. The summed E-state index contributed by atoms with van der Waals surface area (Å²) in [5.41, 5.74) is 2.44. The third-order valence-electron chi connectivity index (χ3n) is 0.802. The molecule has 1 aliphatic rings. The maximum Gasteiger partial charge on any atom is 0.124 e. The largest absolute Gasteiger partial charge is 0.304 e. The van der Waals surface area contributed by atoms with Crippen LogP contribution in [-0.2, 0) is 0 Å². The molecule has 1 rings (SSSR count). The monoisotopic (exact) mass is 167 g/mol. The summed E-state index contributed by atoms with van der Waals surface area (Å²) in [6, 6.07) is 0. The van der Waals surface area contributed by atoms with E-state index < -0.39 is 6.98 Å². The zero-order chi connectivity index (χ0) is 9.35. The summed E-state index contributed by atoms with van der Waals surface area (Å²) in [6.07, 6.45) is 2.70. The van der Waals surface area contributed by atoms with Crippen LogP contribution in [0.5, 0.6) is 0 Å². The maximum atomic E-state index is 7.02. The van der Waals surface area contributed by atoms with Crippen LogP contribution in [0.3, 0.4) is 0 Å². The van der Waals surface area contributed by atoms with Crippen molar-refractivity contribution >= 4 is 23.2 Å². The summed E-state index contributed by atoms with van der Waals surface area (Å²) in [7, 11) is 0. The molecule has 50 valence electrons. The Bertz CT molecular complexity index is 246. The van der Waals surface area contributed by atoms with Crippen molar-refractivity contribution in [2.45, 2.75) is 0 Å². The molecule has 9 heavy (non-hydrogen) atoms. The van der Waals surface area contributed by atoms with Gasteiger partial charge in [-0.3, -0.25) is 5.01 Å². The number of hydrogen-bond donors (Lipinski definition) is 1. The molecular weight excluding hydrogens is 159 g/mol. The average Bonchev–Trinajstić information content (AvgIpc) is 1.83. The summed E-state index contributed by atoms with van der Waals surface area (Å²) >= 11 is 11.2. The van der Waals surface area contributed by atoms with E-state index in [1.165, 1.54) is 12.3 Å². The van der Waals surface area contributed by atoms with Gasteiger partial charge in [-0.2, -0.15) is 0 Å². The molecule has 0 saturated carbocycles. The Balaban J connectivity index is 2.82. The van der Waals surface area contributed by atoms with Crippen molar-refractivity contribution in [2.24, 2.45) is 0 Å². The average molecular weight is 168 g/mol. The predicted octanol–water partition coefficient (Wildman–Crippen LogP) is 1.60. The third kappa shape index (κ3) is 1.53. The van der Waals surface area contributed by atoms with Crippen LogP contribution in [0.2, 0.25) is 0 Å². The minimum absolute atomic E-state index is 0.0440. The minimum Gasteiger partial charge on any atom is -0.304 e. The topological polar surface area (TPSA) is 15.3 Å². The molecule has 0 spiro atoms. The predicted molar refractivity (Wildman–Crippen MR) is 38.8 cm³/mol. The number of hydrogen-bond acceptors (Lipinski definition) is 2. The van der Waals surface area contributed by atoms with Gasteiger partial charge < -0.3 is 5.43 Å². The van der Waals surface area contributed by atoms with Gasteiger partial charge in [-0.1, -0.05) is 23.2 Å². The lowest BCUT2D eigenvalue weighted by molar-refractivity contribution is 0.369. The first kappa shape index (κ1) is 3.74. The first-order chi connectivity index (χ1) is 5.41. The van der Waals surface area contributed by atoms with Gasteiger partial charge >= 0.3 is 0 Å². The molecule has 0 atom stereocenters. The van der Waals surface area contributed by atoms with Crippen LogP contribution in [-0.4, -0.2) is 12.0 Å². The molecule has 0 fully saturated rings. The van der Waals surface area contributed by atoms with Crippen molar-refractivity contribution in [1.82, 2.24) is 10.4 Å². The highest BCUT2D eigenvalue weighted by Crippen LogP contribution is 2.15. The van der Waals surface area contributed by atoms with Crippen LogP contribution >= 0.6 is 23.2 Å². The van der Waals surface area contributed by atoms with E-state index in [1.807, 2.05) is 0 Å². The molecule has 0 aliphatic carbocycles. The van der Waals surface area contributed by atoms with E-state index in [2.05, 4.69) is 5.43 Å². The summed E-state index contributed by atoms with van der Waals surface area (Å²) in [4.78, 5) is 0. The number of hydrazine groups is 1. The fourth-order valence-electron chi connectivity index (χ4n) is 0.408. The minimum atomic E-state index is -2.30. The summed E-state index contributed by atoms with van der Waals surface area (Å²) in [5, 5.41) is 1.25. The van der Waals surface area contributed by atoms with Gasteiger partial charge in [0.15, 0.2) is 0 Å². The number of nitrogens with one attached hydrogen (secondary N) is 1. The molecule has 0 bridgehead atoms. The van der Waals surface area contributed by atoms with Crippen LogP contribution in [0.25, 0.3) is 0 Å². The van der Waals surface area contributed by atoms with Crippen LogP contribution < -0.4 is 5.43 Å². The van der Waals surface area contributed by atoms with E-state index in [4.69, 9.17) is 27.3 Å². The molecule has 0 radical (unpaired) electrons. The van der Waals surface area contributed by atoms with Crippen molar-refractivity contribution in [3.63, 3.8) is 0 Å². The molecule has 0 saturated heterocycles. The standard InChI is InChI=1S/C5H6Cl2N2/c1-9-5(7)2-4(6)3-8-9/h2-3,8H,1H3/i1D3. The molecule has 1 N–H and O–H groups in total. The lowest BCUT2D eigenvalue weighted by Gasteiger charge is -2.20. The SMILES string of the molecule is [2H]C([2H])([2H])N1NC=C(Cl)C=C1Cl. The maximum absolute atomic E-state index is 7.02. The number of halogens is 2. The third-order valence-corrected chi connectivity index (χ3v) is 1.30. The quantitative estimate of drug-likeness (QED) is 0.552. The first-order valence-corrected chi connectivity index (χ1v) is 2.96. The van der Waals surface area contributed by atoms with Crippen molar-refractivity contribution in [2.75, 3.05) is 6.98 Å². The first-order valence-electron chi connectivity index (χ1n) is 3.70. The van der Waals surface area contributed by atoms with Gasteiger partial charge in [0.25, 0.3) is 0 Å². The highest BCUT2D eigenvalue weighted by molar-refractivity contribution is 6.34. The molecule has 1 heterocycles. The van der Waals surface area contributed by atoms with Crippen LogP contribution in [0.1, 0.15) is 4.11 Å². The Hall–Kier alpha value is -0.340. The van der Waals surface area contributed by atoms with Crippen molar-refractivity contribution in [3.8, 4) is 0 Å². The summed E-state index contributed by atoms with van der Waals surface area (Å²) < 4.78 is 21.1. The highest BCUT2D eigenvalue weighted by Gasteiger charge is 2.03. The molecule has 0 amide bonds. The fraction of sp³-hybridized carbons (Fsp3) is 0.200. The van der Waals surface area contributed by atoms with Crippen molar-refractivity contribution < 1.29 is 4.11 Å². The van der Waals surface area contributed by atoms with Gasteiger partial charge in [0, 0.05) is 17.3 Å². The second-order valence-corrected chi connectivity index (χ2v) is 2.28. The van der Waals surface area contributed by atoms with Crippen LogP contribution in [0.4, 0.5) is 0 Å². The van der Waals surface area contributed by atoms with E-state index in [0.717, 1.165) is 5.01 Å². The molecule has 0 unspecified atom stereocenters. The van der Waals surface area contributed by atoms with Gasteiger partial charge in [-0.25, -0.2) is 0 Å². The Morgan fingerprint density at radius 2 is 2.56 bits per heavy atom. The smallest absolute Gasteiger partial charge is 0.124 e. The van der Waals surface area contributed by atoms with E-state index in [9.17, 15) is 0 Å². The Kier molecular flexibility index (Phi) is 1.04. The zero-order valence-corrected chi connectivity index (χ0v) is 5.87. The normalized spacial score (nSPS) is 24.7. The number of rotatable bonds is 0. The lowest BCUT2D eigenvalue weighted by Crippen LogP contribution is -2.29. The second kappa shape index (κ2) is 2.50. The van der Waals surface area contributed by atoms with E-state index >= 15 is 0 Å².